The van der Waals surface area contributed by atoms with Crippen molar-refractivity contribution < 1.29 is 4.79 Å². The van der Waals surface area contributed by atoms with Crippen LogP contribution in [0.15, 0.2) is 60.8 Å². The zero-order chi connectivity index (χ0) is 17.6. The maximum absolute atomic E-state index is 12.0. The van der Waals surface area contributed by atoms with E-state index in [-0.39, 0.29) is 5.91 Å². The highest BCUT2D eigenvalue weighted by atomic mass is 35.5. The van der Waals surface area contributed by atoms with Crippen LogP contribution in [0.1, 0.15) is 21.6 Å². The van der Waals surface area contributed by atoms with Gasteiger partial charge in [-0.2, -0.15) is 0 Å². The van der Waals surface area contributed by atoms with Crippen molar-refractivity contribution in [2.45, 2.75) is 13.3 Å². The molecule has 3 nitrogen and oxygen atoms in total. The molecule has 0 aliphatic rings. The third kappa shape index (κ3) is 5.28. The molecule has 3 rings (SSSR count). The Balaban J connectivity index is 1.57. The van der Waals surface area contributed by atoms with Gasteiger partial charge in [0, 0.05) is 28.6 Å². The molecular weight excluding hydrogens is 352 g/mol. The van der Waals surface area contributed by atoms with Crippen molar-refractivity contribution >= 4 is 40.1 Å². The molecule has 0 aliphatic carbocycles. The van der Waals surface area contributed by atoms with Crippen LogP contribution in [0.25, 0.3) is 6.08 Å². The lowest BCUT2D eigenvalue weighted by atomic mass is 10.1. The van der Waals surface area contributed by atoms with Crippen LogP contribution >= 0.6 is 22.9 Å². The highest BCUT2D eigenvalue weighted by molar-refractivity contribution is 7.15. The van der Waals surface area contributed by atoms with Crippen LogP contribution in [0.3, 0.4) is 0 Å². The number of halogens is 1. The zero-order valence-corrected chi connectivity index (χ0v) is 15.3. The summed E-state index contributed by atoms with van der Waals surface area (Å²) in [5.41, 5.74) is 3.34. The van der Waals surface area contributed by atoms with Gasteiger partial charge >= 0.3 is 0 Å². The third-order valence-electron chi connectivity index (χ3n) is 3.58. The molecule has 1 aromatic heterocycles. The lowest BCUT2D eigenvalue weighted by Crippen LogP contribution is -2.07. The van der Waals surface area contributed by atoms with E-state index in [4.69, 9.17) is 11.6 Å². The van der Waals surface area contributed by atoms with E-state index in [0.29, 0.717) is 5.13 Å². The average molecular weight is 369 g/mol. The van der Waals surface area contributed by atoms with E-state index in [2.05, 4.69) is 10.3 Å². The van der Waals surface area contributed by atoms with Gasteiger partial charge in [-0.1, -0.05) is 53.6 Å². The van der Waals surface area contributed by atoms with Gasteiger partial charge in [-0.3, -0.25) is 10.1 Å². The molecular formula is C20H17ClN2OS. The smallest absolute Gasteiger partial charge is 0.250 e. The number of rotatable bonds is 5. The minimum Gasteiger partial charge on any atom is -0.298 e. The van der Waals surface area contributed by atoms with E-state index in [9.17, 15) is 4.79 Å². The Bertz CT molecular complexity index is 883. The summed E-state index contributed by atoms with van der Waals surface area (Å²) >= 11 is 7.37. The third-order valence-corrected chi connectivity index (χ3v) is 4.74. The minimum atomic E-state index is -0.187. The van der Waals surface area contributed by atoms with E-state index in [1.54, 1.807) is 12.3 Å². The predicted octanol–water partition coefficient (Wildman–Crippen LogP) is 5.35. The first-order valence-corrected chi connectivity index (χ1v) is 9.03. The molecule has 1 heterocycles. The summed E-state index contributed by atoms with van der Waals surface area (Å²) in [7, 11) is 0. The molecule has 0 fully saturated rings. The van der Waals surface area contributed by atoms with Gasteiger partial charge in [-0.25, -0.2) is 4.98 Å². The van der Waals surface area contributed by atoms with Gasteiger partial charge in [-0.05, 0) is 36.3 Å². The molecule has 0 spiro atoms. The Labute approximate surface area is 156 Å². The molecule has 0 saturated heterocycles. The van der Waals surface area contributed by atoms with Crippen LogP contribution < -0.4 is 5.32 Å². The van der Waals surface area contributed by atoms with Crippen LogP contribution in [0.2, 0.25) is 5.02 Å². The number of hydrogen-bond donors (Lipinski definition) is 1. The van der Waals surface area contributed by atoms with Crippen molar-refractivity contribution in [2.24, 2.45) is 0 Å². The summed E-state index contributed by atoms with van der Waals surface area (Å²) in [5, 5.41) is 4.12. The standard InChI is InChI=1S/C20H17ClN2OS/c1-14-2-4-15(5-3-14)8-11-19(24)23-20-22-13-18(25-20)12-16-6-9-17(21)10-7-16/h2-11,13H,12H2,1H3,(H,22,23,24)/b11-8-. The first-order valence-electron chi connectivity index (χ1n) is 7.83. The van der Waals surface area contributed by atoms with Crippen molar-refractivity contribution in [3.05, 3.63) is 87.4 Å². The molecule has 0 atom stereocenters. The molecule has 25 heavy (non-hydrogen) atoms. The van der Waals surface area contributed by atoms with Crippen LogP contribution in [0.4, 0.5) is 5.13 Å². The molecule has 0 aliphatic heterocycles. The number of aryl methyl sites for hydroxylation is 1. The van der Waals surface area contributed by atoms with E-state index in [1.807, 2.05) is 55.5 Å². The number of thiazole rings is 1. The number of carbonyl (C=O) groups excluding carboxylic acids is 1. The fraction of sp³-hybridized carbons (Fsp3) is 0.100. The minimum absolute atomic E-state index is 0.187. The molecule has 0 radical (unpaired) electrons. The van der Waals surface area contributed by atoms with Gasteiger partial charge in [0.25, 0.3) is 0 Å². The molecule has 0 unspecified atom stereocenters. The molecule has 3 aromatic rings. The number of carbonyl (C=O) groups is 1. The summed E-state index contributed by atoms with van der Waals surface area (Å²) in [4.78, 5) is 17.4. The first-order chi connectivity index (χ1) is 12.1. The van der Waals surface area contributed by atoms with E-state index in [0.717, 1.165) is 27.4 Å². The molecule has 0 saturated carbocycles. The Morgan fingerprint density at radius 3 is 2.60 bits per heavy atom. The summed E-state index contributed by atoms with van der Waals surface area (Å²) < 4.78 is 0. The first kappa shape index (κ1) is 17.4. The fourth-order valence-corrected chi connectivity index (χ4v) is 3.22. The number of anilines is 1. The van der Waals surface area contributed by atoms with Gasteiger partial charge in [0.15, 0.2) is 5.13 Å². The number of amides is 1. The zero-order valence-electron chi connectivity index (χ0n) is 13.7. The van der Waals surface area contributed by atoms with Gasteiger partial charge in [0.05, 0.1) is 0 Å². The van der Waals surface area contributed by atoms with E-state index in [1.165, 1.54) is 23.0 Å². The van der Waals surface area contributed by atoms with Crippen molar-refractivity contribution in [1.82, 2.24) is 4.98 Å². The van der Waals surface area contributed by atoms with Crippen LogP contribution in [-0.2, 0) is 11.2 Å². The fourth-order valence-electron chi connectivity index (χ4n) is 2.25. The summed E-state index contributed by atoms with van der Waals surface area (Å²) in [6, 6.07) is 15.7. The van der Waals surface area contributed by atoms with Crippen molar-refractivity contribution in [2.75, 3.05) is 5.32 Å². The van der Waals surface area contributed by atoms with Gasteiger partial charge < -0.3 is 0 Å². The highest BCUT2D eigenvalue weighted by Gasteiger charge is 2.05. The number of nitrogens with zero attached hydrogens (tertiary/aromatic N) is 1. The quantitative estimate of drug-likeness (QED) is 0.617. The van der Waals surface area contributed by atoms with Gasteiger partial charge in [0.1, 0.15) is 0 Å². The second-order valence-corrected chi connectivity index (χ2v) is 7.22. The van der Waals surface area contributed by atoms with Gasteiger partial charge in [-0.15, -0.1) is 11.3 Å². The topological polar surface area (TPSA) is 42.0 Å². The maximum Gasteiger partial charge on any atom is 0.250 e. The number of hydrogen-bond acceptors (Lipinski definition) is 3. The number of benzene rings is 2. The predicted molar refractivity (Wildman–Crippen MR) is 105 cm³/mol. The summed E-state index contributed by atoms with van der Waals surface area (Å²) in [6.07, 6.45) is 5.87. The summed E-state index contributed by atoms with van der Waals surface area (Å²) in [5.74, 6) is -0.187. The Morgan fingerprint density at radius 1 is 1.16 bits per heavy atom. The maximum atomic E-state index is 12.0. The van der Waals surface area contributed by atoms with Crippen molar-refractivity contribution in [1.29, 1.82) is 0 Å². The molecule has 126 valence electrons. The van der Waals surface area contributed by atoms with E-state index < -0.39 is 0 Å². The molecule has 1 N–H and O–H groups in total. The summed E-state index contributed by atoms with van der Waals surface area (Å²) in [6.45, 7) is 2.03. The Hall–Kier alpha value is -2.43. The van der Waals surface area contributed by atoms with Crippen molar-refractivity contribution in [3.8, 4) is 0 Å². The van der Waals surface area contributed by atoms with Gasteiger partial charge in [0.2, 0.25) is 5.91 Å². The monoisotopic (exact) mass is 368 g/mol. The second-order valence-electron chi connectivity index (χ2n) is 5.67. The number of aromatic nitrogens is 1. The van der Waals surface area contributed by atoms with E-state index >= 15 is 0 Å². The van der Waals surface area contributed by atoms with Crippen molar-refractivity contribution in [3.63, 3.8) is 0 Å². The van der Waals surface area contributed by atoms with Crippen LogP contribution in [-0.4, -0.2) is 10.9 Å². The largest absolute Gasteiger partial charge is 0.298 e. The van der Waals surface area contributed by atoms with Crippen LogP contribution in [0, 0.1) is 6.92 Å². The normalized spacial score (nSPS) is 11.0. The molecule has 5 heteroatoms. The Kier molecular flexibility index (Phi) is 5.64. The van der Waals surface area contributed by atoms with Crippen LogP contribution in [0.5, 0.6) is 0 Å². The number of nitrogens with one attached hydrogen (secondary N) is 1. The molecule has 0 bridgehead atoms. The lowest BCUT2D eigenvalue weighted by molar-refractivity contribution is -0.111. The lowest BCUT2D eigenvalue weighted by Gasteiger charge is -1.98. The highest BCUT2D eigenvalue weighted by Crippen LogP contribution is 2.22. The SMILES string of the molecule is Cc1ccc(/C=C\C(=O)Nc2ncc(Cc3ccc(Cl)cc3)s2)cc1. The average Bonchev–Trinajstić information content (AvgIpc) is 3.03. The Morgan fingerprint density at radius 2 is 1.88 bits per heavy atom. The molecule has 2 aromatic carbocycles. The molecule has 1 amide bonds. The second kappa shape index (κ2) is 8.10.